The van der Waals surface area contributed by atoms with E-state index in [4.69, 9.17) is 23.2 Å². The van der Waals surface area contributed by atoms with Crippen molar-refractivity contribution in [3.05, 3.63) is 63.6 Å². The van der Waals surface area contributed by atoms with E-state index in [0.717, 1.165) is 11.1 Å². The van der Waals surface area contributed by atoms with E-state index in [9.17, 15) is 9.59 Å². The van der Waals surface area contributed by atoms with Gasteiger partial charge in [0.05, 0.1) is 0 Å². The standard InChI is InChI=1S/C20H22Cl2N2O2/c1-13-7-8-16(22)12-17(13)24-19(26)20(2,3)18(25)23-10-9-14-5-4-6-15(21)11-14/h4-8,11-12H,9-10H2,1-3H3,(H,23,25)(H,24,26). The maximum Gasteiger partial charge on any atom is 0.239 e. The van der Waals surface area contributed by atoms with Crippen LogP contribution in [0.3, 0.4) is 0 Å². The minimum absolute atomic E-state index is 0.336. The van der Waals surface area contributed by atoms with Gasteiger partial charge >= 0.3 is 0 Å². The Morgan fingerprint density at radius 2 is 1.69 bits per heavy atom. The molecule has 0 radical (unpaired) electrons. The van der Waals surface area contributed by atoms with Crippen molar-refractivity contribution in [3.8, 4) is 0 Å². The number of carbonyl (C=O) groups excluding carboxylic acids is 2. The lowest BCUT2D eigenvalue weighted by molar-refractivity contribution is -0.138. The molecular weight excluding hydrogens is 371 g/mol. The van der Waals surface area contributed by atoms with Gasteiger partial charge in [0.15, 0.2) is 0 Å². The van der Waals surface area contributed by atoms with Crippen LogP contribution in [0.2, 0.25) is 10.0 Å². The molecule has 2 rings (SSSR count). The molecule has 26 heavy (non-hydrogen) atoms. The lowest BCUT2D eigenvalue weighted by Crippen LogP contribution is -2.45. The van der Waals surface area contributed by atoms with E-state index in [1.807, 2.05) is 31.2 Å². The number of carbonyl (C=O) groups is 2. The van der Waals surface area contributed by atoms with Crippen LogP contribution in [-0.2, 0) is 16.0 Å². The fraction of sp³-hybridized carbons (Fsp3) is 0.300. The molecule has 0 aliphatic heterocycles. The fourth-order valence-corrected chi connectivity index (χ4v) is 2.73. The summed E-state index contributed by atoms with van der Waals surface area (Å²) in [5, 5.41) is 6.78. The third kappa shape index (κ3) is 5.23. The zero-order chi connectivity index (χ0) is 19.3. The quantitative estimate of drug-likeness (QED) is 0.704. The topological polar surface area (TPSA) is 58.2 Å². The van der Waals surface area contributed by atoms with E-state index < -0.39 is 5.41 Å². The van der Waals surface area contributed by atoms with Crippen molar-refractivity contribution in [2.75, 3.05) is 11.9 Å². The predicted octanol–water partition coefficient (Wildman–Crippen LogP) is 4.63. The van der Waals surface area contributed by atoms with Gasteiger partial charge in [0, 0.05) is 22.3 Å². The van der Waals surface area contributed by atoms with Crippen LogP contribution in [0.5, 0.6) is 0 Å². The summed E-state index contributed by atoms with van der Waals surface area (Å²) in [4.78, 5) is 25.1. The van der Waals surface area contributed by atoms with Crippen molar-refractivity contribution < 1.29 is 9.59 Å². The molecule has 0 bridgehead atoms. The number of anilines is 1. The molecule has 0 heterocycles. The average Bonchev–Trinajstić information content (AvgIpc) is 2.58. The van der Waals surface area contributed by atoms with Crippen LogP contribution in [0.25, 0.3) is 0 Å². The molecule has 2 aromatic rings. The second-order valence-corrected chi connectivity index (χ2v) is 7.55. The van der Waals surface area contributed by atoms with Crippen molar-refractivity contribution in [2.24, 2.45) is 5.41 Å². The second kappa shape index (κ2) is 8.56. The highest BCUT2D eigenvalue weighted by atomic mass is 35.5. The molecule has 2 aromatic carbocycles. The zero-order valence-corrected chi connectivity index (χ0v) is 16.5. The maximum atomic E-state index is 12.6. The largest absolute Gasteiger partial charge is 0.355 e. The van der Waals surface area contributed by atoms with Gasteiger partial charge in [-0.15, -0.1) is 0 Å². The number of hydrogen-bond acceptors (Lipinski definition) is 2. The second-order valence-electron chi connectivity index (χ2n) is 6.67. The van der Waals surface area contributed by atoms with Gasteiger partial charge in [0.1, 0.15) is 5.41 Å². The molecule has 138 valence electrons. The fourth-order valence-electron chi connectivity index (χ4n) is 2.34. The highest BCUT2D eigenvalue weighted by molar-refractivity contribution is 6.31. The van der Waals surface area contributed by atoms with Crippen LogP contribution in [0.15, 0.2) is 42.5 Å². The van der Waals surface area contributed by atoms with Gasteiger partial charge in [-0.05, 0) is 62.6 Å². The maximum absolute atomic E-state index is 12.6. The SMILES string of the molecule is Cc1ccc(Cl)cc1NC(=O)C(C)(C)C(=O)NCCc1cccc(Cl)c1. The van der Waals surface area contributed by atoms with Crippen LogP contribution in [0, 0.1) is 12.3 Å². The van der Waals surface area contributed by atoms with Gasteiger partial charge in [0.25, 0.3) is 0 Å². The summed E-state index contributed by atoms with van der Waals surface area (Å²) >= 11 is 11.9. The van der Waals surface area contributed by atoms with E-state index in [0.29, 0.717) is 28.7 Å². The van der Waals surface area contributed by atoms with Crippen molar-refractivity contribution in [3.63, 3.8) is 0 Å². The lowest BCUT2D eigenvalue weighted by Gasteiger charge is -2.23. The predicted molar refractivity (Wildman–Crippen MR) is 107 cm³/mol. The summed E-state index contributed by atoms with van der Waals surface area (Å²) in [6.07, 6.45) is 0.636. The number of amides is 2. The van der Waals surface area contributed by atoms with Gasteiger partial charge in [-0.25, -0.2) is 0 Å². The van der Waals surface area contributed by atoms with E-state index >= 15 is 0 Å². The van der Waals surface area contributed by atoms with Crippen molar-refractivity contribution >= 4 is 40.7 Å². The van der Waals surface area contributed by atoms with Crippen LogP contribution in [0.4, 0.5) is 5.69 Å². The number of halogens is 2. The number of aryl methyl sites for hydroxylation is 1. The van der Waals surface area contributed by atoms with Gasteiger partial charge in [-0.2, -0.15) is 0 Å². The third-order valence-electron chi connectivity index (χ3n) is 4.17. The zero-order valence-electron chi connectivity index (χ0n) is 15.0. The van der Waals surface area contributed by atoms with Crippen molar-refractivity contribution in [2.45, 2.75) is 27.2 Å². The molecule has 0 aliphatic carbocycles. The Balaban J connectivity index is 1.95. The van der Waals surface area contributed by atoms with E-state index in [1.54, 1.807) is 32.0 Å². The first-order chi connectivity index (χ1) is 12.2. The minimum atomic E-state index is -1.22. The van der Waals surface area contributed by atoms with E-state index in [2.05, 4.69) is 10.6 Å². The molecule has 6 heteroatoms. The highest BCUT2D eigenvalue weighted by Crippen LogP contribution is 2.24. The van der Waals surface area contributed by atoms with Crippen LogP contribution < -0.4 is 10.6 Å². The van der Waals surface area contributed by atoms with Crippen molar-refractivity contribution in [1.29, 1.82) is 0 Å². The molecule has 0 aromatic heterocycles. The Hall–Kier alpha value is -2.04. The Morgan fingerprint density at radius 3 is 2.38 bits per heavy atom. The monoisotopic (exact) mass is 392 g/mol. The van der Waals surface area contributed by atoms with Crippen LogP contribution in [0.1, 0.15) is 25.0 Å². The summed E-state index contributed by atoms with van der Waals surface area (Å²) in [6, 6.07) is 12.7. The molecule has 2 amide bonds. The van der Waals surface area contributed by atoms with Crippen LogP contribution in [-0.4, -0.2) is 18.4 Å². The van der Waals surface area contributed by atoms with E-state index in [-0.39, 0.29) is 11.8 Å². The summed E-state index contributed by atoms with van der Waals surface area (Å²) in [5.41, 5.74) is 1.28. The first kappa shape index (κ1) is 20.3. The number of nitrogens with one attached hydrogen (secondary N) is 2. The molecule has 0 unspecified atom stereocenters. The van der Waals surface area contributed by atoms with Gasteiger partial charge in [-0.3, -0.25) is 9.59 Å². The lowest BCUT2D eigenvalue weighted by atomic mass is 9.90. The van der Waals surface area contributed by atoms with E-state index in [1.165, 1.54) is 0 Å². The third-order valence-corrected chi connectivity index (χ3v) is 4.64. The number of rotatable bonds is 6. The molecule has 2 N–H and O–H groups in total. The molecule has 0 fully saturated rings. The Bertz CT molecular complexity index is 819. The molecule has 0 saturated heterocycles. The van der Waals surface area contributed by atoms with Gasteiger partial charge < -0.3 is 10.6 Å². The first-order valence-corrected chi connectivity index (χ1v) is 9.06. The Kier molecular flexibility index (Phi) is 6.68. The Labute approximate surface area is 163 Å². The minimum Gasteiger partial charge on any atom is -0.355 e. The normalized spacial score (nSPS) is 11.1. The van der Waals surface area contributed by atoms with Gasteiger partial charge in [-0.1, -0.05) is 41.4 Å². The molecule has 4 nitrogen and oxygen atoms in total. The molecule has 0 saturated carbocycles. The summed E-state index contributed by atoms with van der Waals surface area (Å²) in [7, 11) is 0. The van der Waals surface area contributed by atoms with Gasteiger partial charge in [0.2, 0.25) is 11.8 Å². The summed E-state index contributed by atoms with van der Waals surface area (Å²) in [5.74, 6) is -0.722. The highest BCUT2D eigenvalue weighted by Gasteiger charge is 2.36. The molecule has 0 atom stereocenters. The smallest absolute Gasteiger partial charge is 0.239 e. The first-order valence-electron chi connectivity index (χ1n) is 8.30. The summed E-state index contributed by atoms with van der Waals surface area (Å²) in [6.45, 7) is 5.48. The molecular formula is C20H22Cl2N2O2. The Morgan fingerprint density at radius 1 is 1.00 bits per heavy atom. The number of benzene rings is 2. The van der Waals surface area contributed by atoms with Crippen LogP contribution >= 0.6 is 23.2 Å². The molecule has 0 aliphatic rings. The average molecular weight is 393 g/mol. The summed E-state index contributed by atoms with van der Waals surface area (Å²) < 4.78 is 0. The number of hydrogen-bond donors (Lipinski definition) is 2. The van der Waals surface area contributed by atoms with Crippen molar-refractivity contribution in [1.82, 2.24) is 5.32 Å². The molecule has 0 spiro atoms.